The quantitative estimate of drug-likeness (QED) is 0.701. The first kappa shape index (κ1) is 20.1. The summed E-state index contributed by atoms with van der Waals surface area (Å²) in [4.78, 5) is 20.7. The van der Waals surface area contributed by atoms with Crippen LogP contribution in [0.5, 0.6) is 11.5 Å². The summed E-state index contributed by atoms with van der Waals surface area (Å²) in [6.07, 6.45) is 5.54. The topological polar surface area (TPSA) is 54.9 Å². The first-order valence-electron chi connectivity index (χ1n) is 9.65. The second-order valence-corrected chi connectivity index (χ2v) is 7.42. The van der Waals surface area contributed by atoms with Gasteiger partial charge in [-0.25, -0.2) is 0 Å². The van der Waals surface area contributed by atoms with E-state index in [0.29, 0.717) is 12.5 Å². The highest BCUT2D eigenvalue weighted by atomic mass is 16.5. The Kier molecular flexibility index (Phi) is 6.87. The molecule has 1 saturated heterocycles. The number of carbonyl (C=O) groups is 1. The van der Waals surface area contributed by atoms with E-state index in [-0.39, 0.29) is 5.91 Å². The number of likely N-dealkylation sites (tertiary alicyclic amines) is 1. The summed E-state index contributed by atoms with van der Waals surface area (Å²) in [5.74, 6) is 2.18. The lowest BCUT2D eigenvalue weighted by Gasteiger charge is -2.22. The van der Waals surface area contributed by atoms with E-state index in [1.165, 1.54) is 5.56 Å². The third kappa shape index (κ3) is 5.23. The lowest BCUT2D eigenvalue weighted by Crippen LogP contribution is -2.37. The zero-order valence-corrected chi connectivity index (χ0v) is 16.9. The van der Waals surface area contributed by atoms with Crippen LogP contribution in [0.4, 0.5) is 0 Å². The van der Waals surface area contributed by atoms with Gasteiger partial charge in [0.1, 0.15) is 0 Å². The number of hydrogen-bond acceptors (Lipinski definition) is 5. The molecule has 1 aromatic heterocycles. The van der Waals surface area contributed by atoms with Crippen molar-refractivity contribution in [2.75, 3.05) is 40.9 Å². The van der Waals surface area contributed by atoms with Crippen LogP contribution in [0.1, 0.15) is 17.5 Å². The molecule has 1 fully saturated rings. The molecule has 1 unspecified atom stereocenters. The van der Waals surface area contributed by atoms with Crippen molar-refractivity contribution < 1.29 is 14.3 Å². The SMILES string of the molecule is COc1ccc(CC2CCN(C(=O)CN(C)Cc3ccncc3)C2)cc1OC. The van der Waals surface area contributed by atoms with E-state index in [1.807, 2.05) is 36.2 Å². The molecule has 1 atom stereocenters. The van der Waals surface area contributed by atoms with Crippen molar-refractivity contribution in [3.05, 3.63) is 53.9 Å². The standard InChI is InChI=1S/C22H29N3O3/c1-24(14-17-6-9-23-10-7-17)16-22(26)25-11-8-19(15-25)12-18-4-5-20(27-2)21(13-18)28-3/h4-7,9-10,13,19H,8,11-12,14-16H2,1-3H3. The van der Waals surface area contributed by atoms with Gasteiger partial charge in [-0.1, -0.05) is 6.07 Å². The van der Waals surface area contributed by atoms with E-state index in [0.717, 1.165) is 49.5 Å². The Morgan fingerprint density at radius 2 is 1.89 bits per heavy atom. The molecule has 2 aromatic rings. The molecule has 1 amide bonds. The van der Waals surface area contributed by atoms with E-state index in [2.05, 4.69) is 16.0 Å². The van der Waals surface area contributed by atoms with Crippen molar-refractivity contribution in [1.82, 2.24) is 14.8 Å². The zero-order chi connectivity index (χ0) is 19.9. The monoisotopic (exact) mass is 383 g/mol. The number of benzene rings is 1. The first-order valence-corrected chi connectivity index (χ1v) is 9.65. The second kappa shape index (κ2) is 9.55. The van der Waals surface area contributed by atoms with Crippen molar-refractivity contribution in [2.45, 2.75) is 19.4 Å². The Labute approximate surface area is 167 Å². The van der Waals surface area contributed by atoms with Gasteiger partial charge >= 0.3 is 0 Å². The molecule has 6 nitrogen and oxygen atoms in total. The van der Waals surface area contributed by atoms with Crippen molar-refractivity contribution in [1.29, 1.82) is 0 Å². The van der Waals surface area contributed by atoms with Crippen LogP contribution < -0.4 is 9.47 Å². The average Bonchev–Trinajstić information content (AvgIpc) is 3.17. The lowest BCUT2D eigenvalue weighted by molar-refractivity contribution is -0.131. The van der Waals surface area contributed by atoms with Crippen LogP contribution in [0.25, 0.3) is 0 Å². The number of aromatic nitrogens is 1. The third-order valence-corrected chi connectivity index (χ3v) is 5.22. The molecule has 2 heterocycles. The Morgan fingerprint density at radius 3 is 2.61 bits per heavy atom. The van der Waals surface area contributed by atoms with E-state index in [9.17, 15) is 4.79 Å². The Morgan fingerprint density at radius 1 is 1.14 bits per heavy atom. The highest BCUT2D eigenvalue weighted by Gasteiger charge is 2.27. The number of carbonyl (C=O) groups excluding carboxylic acids is 1. The molecule has 28 heavy (non-hydrogen) atoms. The van der Waals surface area contributed by atoms with E-state index >= 15 is 0 Å². The molecular formula is C22H29N3O3. The molecule has 0 saturated carbocycles. The third-order valence-electron chi connectivity index (χ3n) is 5.22. The highest BCUT2D eigenvalue weighted by Crippen LogP contribution is 2.30. The largest absolute Gasteiger partial charge is 0.493 e. The summed E-state index contributed by atoms with van der Waals surface area (Å²) in [6.45, 7) is 2.83. The van der Waals surface area contributed by atoms with Gasteiger partial charge < -0.3 is 14.4 Å². The predicted molar refractivity (Wildman–Crippen MR) is 109 cm³/mol. The van der Waals surface area contributed by atoms with E-state index < -0.39 is 0 Å². The van der Waals surface area contributed by atoms with E-state index in [1.54, 1.807) is 26.6 Å². The Balaban J connectivity index is 1.50. The molecule has 0 aliphatic carbocycles. The molecule has 0 N–H and O–H groups in total. The molecular weight excluding hydrogens is 354 g/mol. The predicted octanol–water partition coefficient (Wildman–Crippen LogP) is 2.62. The van der Waals surface area contributed by atoms with Crippen LogP contribution >= 0.6 is 0 Å². The number of pyridine rings is 1. The molecule has 1 aliphatic rings. The maximum atomic E-state index is 12.7. The number of amides is 1. The van der Waals surface area contributed by atoms with Gasteiger partial charge in [0.15, 0.2) is 11.5 Å². The fourth-order valence-electron chi connectivity index (χ4n) is 3.75. The van der Waals surface area contributed by atoms with Gasteiger partial charge in [0.05, 0.1) is 20.8 Å². The van der Waals surface area contributed by atoms with Crippen LogP contribution in [-0.2, 0) is 17.8 Å². The maximum absolute atomic E-state index is 12.7. The van der Waals surface area contributed by atoms with Crippen molar-refractivity contribution in [3.63, 3.8) is 0 Å². The maximum Gasteiger partial charge on any atom is 0.236 e. The number of hydrogen-bond donors (Lipinski definition) is 0. The molecule has 6 heteroatoms. The lowest BCUT2D eigenvalue weighted by atomic mass is 9.98. The number of nitrogens with zero attached hydrogens (tertiary/aromatic N) is 3. The molecule has 1 aliphatic heterocycles. The molecule has 0 spiro atoms. The summed E-state index contributed by atoms with van der Waals surface area (Å²) in [7, 11) is 5.28. The zero-order valence-electron chi connectivity index (χ0n) is 16.9. The molecule has 0 bridgehead atoms. The summed E-state index contributed by atoms with van der Waals surface area (Å²) >= 11 is 0. The minimum atomic E-state index is 0.200. The van der Waals surface area contributed by atoms with Gasteiger partial charge in [0, 0.05) is 32.0 Å². The van der Waals surface area contributed by atoms with Gasteiger partial charge in [0.25, 0.3) is 0 Å². The van der Waals surface area contributed by atoms with Crippen molar-refractivity contribution in [3.8, 4) is 11.5 Å². The molecule has 3 rings (SSSR count). The number of methoxy groups -OCH3 is 2. The van der Waals surface area contributed by atoms with Crippen LogP contribution in [0.15, 0.2) is 42.7 Å². The van der Waals surface area contributed by atoms with Crippen molar-refractivity contribution in [2.24, 2.45) is 5.92 Å². The summed E-state index contributed by atoms with van der Waals surface area (Å²) in [5, 5.41) is 0. The Bertz CT molecular complexity index is 782. The van der Waals surface area contributed by atoms with Crippen LogP contribution in [0, 0.1) is 5.92 Å². The van der Waals surface area contributed by atoms with Crippen molar-refractivity contribution >= 4 is 5.91 Å². The van der Waals surface area contributed by atoms with Crippen LogP contribution in [-0.4, -0.2) is 61.6 Å². The number of likely N-dealkylation sites (N-methyl/N-ethyl adjacent to an activating group) is 1. The number of rotatable bonds is 8. The number of ether oxygens (including phenoxy) is 2. The van der Waals surface area contributed by atoms with Gasteiger partial charge in [-0.3, -0.25) is 14.7 Å². The second-order valence-electron chi connectivity index (χ2n) is 7.42. The van der Waals surface area contributed by atoms with Gasteiger partial charge in [0.2, 0.25) is 5.91 Å². The normalized spacial score (nSPS) is 16.4. The Hall–Kier alpha value is -2.60. The van der Waals surface area contributed by atoms with Gasteiger partial charge in [-0.15, -0.1) is 0 Å². The molecule has 150 valence electrons. The minimum absolute atomic E-state index is 0.200. The van der Waals surface area contributed by atoms with Crippen LogP contribution in [0.3, 0.4) is 0 Å². The van der Waals surface area contributed by atoms with E-state index in [4.69, 9.17) is 9.47 Å². The summed E-state index contributed by atoms with van der Waals surface area (Å²) < 4.78 is 10.7. The summed E-state index contributed by atoms with van der Waals surface area (Å²) in [6, 6.07) is 10.0. The average molecular weight is 383 g/mol. The summed E-state index contributed by atoms with van der Waals surface area (Å²) in [5.41, 5.74) is 2.38. The fraction of sp³-hybridized carbons (Fsp3) is 0.455. The first-order chi connectivity index (χ1) is 13.6. The van der Waals surface area contributed by atoms with Gasteiger partial charge in [-0.2, -0.15) is 0 Å². The highest BCUT2D eigenvalue weighted by molar-refractivity contribution is 5.78. The molecule has 1 aromatic carbocycles. The minimum Gasteiger partial charge on any atom is -0.493 e. The fourth-order valence-corrected chi connectivity index (χ4v) is 3.75. The van der Waals surface area contributed by atoms with Gasteiger partial charge in [-0.05, 0) is 61.2 Å². The van der Waals surface area contributed by atoms with Crippen LogP contribution in [0.2, 0.25) is 0 Å². The molecule has 0 radical (unpaired) electrons. The smallest absolute Gasteiger partial charge is 0.236 e.